The van der Waals surface area contributed by atoms with E-state index in [4.69, 9.17) is 9.57 Å². The van der Waals surface area contributed by atoms with Crippen LogP contribution in [-0.2, 0) is 4.74 Å². The SMILES string of the molecule is COC(=O)c1cccc(-c2cc[n+](OC)cc2)c1. The van der Waals surface area contributed by atoms with Crippen molar-refractivity contribution in [1.82, 2.24) is 0 Å². The van der Waals surface area contributed by atoms with Crippen LogP contribution >= 0.6 is 0 Å². The zero-order valence-corrected chi connectivity index (χ0v) is 10.3. The summed E-state index contributed by atoms with van der Waals surface area (Å²) in [6.07, 6.45) is 3.61. The molecule has 0 N–H and O–H groups in total. The number of hydrogen-bond acceptors (Lipinski definition) is 3. The number of rotatable bonds is 3. The molecule has 0 bridgehead atoms. The number of carbonyl (C=O) groups excluding carboxylic acids is 1. The molecule has 0 saturated carbocycles. The lowest BCUT2D eigenvalue weighted by Crippen LogP contribution is -2.39. The number of hydrogen-bond donors (Lipinski definition) is 0. The molecular weight excluding hydrogens is 230 g/mol. The van der Waals surface area contributed by atoms with Crippen LogP contribution in [0.25, 0.3) is 11.1 Å². The summed E-state index contributed by atoms with van der Waals surface area (Å²) in [7, 11) is 2.97. The maximum atomic E-state index is 11.5. The molecule has 0 aliphatic heterocycles. The van der Waals surface area contributed by atoms with Gasteiger partial charge in [-0.15, -0.1) is 0 Å². The summed E-state index contributed by atoms with van der Waals surface area (Å²) >= 11 is 0. The van der Waals surface area contributed by atoms with E-state index >= 15 is 0 Å². The predicted molar refractivity (Wildman–Crippen MR) is 65.9 cm³/mol. The molecule has 1 heterocycles. The normalized spacial score (nSPS) is 9.89. The van der Waals surface area contributed by atoms with Crippen LogP contribution in [0.2, 0.25) is 0 Å². The maximum absolute atomic E-state index is 11.5. The lowest BCUT2D eigenvalue weighted by molar-refractivity contribution is -0.885. The third kappa shape index (κ3) is 2.48. The van der Waals surface area contributed by atoms with Gasteiger partial charge in [0, 0.05) is 16.9 Å². The van der Waals surface area contributed by atoms with Crippen LogP contribution in [0.4, 0.5) is 0 Å². The van der Waals surface area contributed by atoms with Crippen molar-refractivity contribution in [1.29, 1.82) is 0 Å². The van der Waals surface area contributed by atoms with Gasteiger partial charge in [0.25, 0.3) is 0 Å². The Labute approximate surface area is 105 Å². The van der Waals surface area contributed by atoms with Crippen LogP contribution < -0.4 is 9.57 Å². The second kappa shape index (κ2) is 5.31. The minimum Gasteiger partial charge on any atom is -0.465 e. The topological polar surface area (TPSA) is 39.4 Å². The standard InChI is InChI=1S/C14H14NO3/c1-17-14(16)13-5-3-4-12(10-13)11-6-8-15(18-2)9-7-11/h3-10H,1-2H3/q+1. The number of methoxy groups -OCH3 is 1. The van der Waals surface area contributed by atoms with Crippen molar-refractivity contribution >= 4 is 5.97 Å². The summed E-state index contributed by atoms with van der Waals surface area (Å²) in [5.41, 5.74) is 2.51. The minimum atomic E-state index is -0.334. The van der Waals surface area contributed by atoms with Crippen molar-refractivity contribution in [2.24, 2.45) is 0 Å². The average molecular weight is 244 g/mol. The molecule has 92 valence electrons. The van der Waals surface area contributed by atoms with Crippen molar-refractivity contribution in [3.63, 3.8) is 0 Å². The zero-order valence-electron chi connectivity index (χ0n) is 10.3. The number of benzene rings is 1. The quantitative estimate of drug-likeness (QED) is 0.606. The van der Waals surface area contributed by atoms with Gasteiger partial charge in [0.1, 0.15) is 7.11 Å². The molecule has 4 heteroatoms. The molecule has 0 fully saturated rings. The molecule has 18 heavy (non-hydrogen) atoms. The third-order valence-corrected chi connectivity index (χ3v) is 2.63. The van der Waals surface area contributed by atoms with Gasteiger partial charge in [0.05, 0.1) is 12.7 Å². The summed E-state index contributed by atoms with van der Waals surface area (Å²) in [5, 5.41) is 0. The molecule has 0 saturated heterocycles. The molecule has 0 unspecified atom stereocenters. The van der Waals surface area contributed by atoms with Gasteiger partial charge in [0.2, 0.25) is 12.4 Å². The first-order chi connectivity index (χ1) is 8.74. The molecule has 0 radical (unpaired) electrons. The van der Waals surface area contributed by atoms with Crippen LogP contribution in [0.15, 0.2) is 48.8 Å². The molecule has 0 aliphatic carbocycles. The summed E-state index contributed by atoms with van der Waals surface area (Å²) in [6.45, 7) is 0. The Morgan fingerprint density at radius 1 is 1.06 bits per heavy atom. The Bertz CT molecular complexity index is 549. The molecule has 2 aromatic rings. The summed E-state index contributed by atoms with van der Waals surface area (Å²) in [4.78, 5) is 16.5. The maximum Gasteiger partial charge on any atom is 0.337 e. The highest BCUT2D eigenvalue weighted by atomic mass is 16.6. The second-order valence-corrected chi connectivity index (χ2v) is 3.70. The Morgan fingerprint density at radius 2 is 1.78 bits per heavy atom. The van der Waals surface area contributed by atoms with E-state index < -0.39 is 0 Å². The fraction of sp³-hybridized carbons (Fsp3) is 0.143. The van der Waals surface area contributed by atoms with Crippen molar-refractivity contribution in [3.8, 4) is 11.1 Å². The van der Waals surface area contributed by atoms with Crippen molar-refractivity contribution < 1.29 is 19.1 Å². The van der Waals surface area contributed by atoms with Crippen LogP contribution in [0.5, 0.6) is 0 Å². The zero-order chi connectivity index (χ0) is 13.0. The minimum absolute atomic E-state index is 0.334. The van der Waals surface area contributed by atoms with Gasteiger partial charge in [0.15, 0.2) is 0 Å². The molecule has 0 aliphatic rings. The van der Waals surface area contributed by atoms with Crippen LogP contribution in [0.3, 0.4) is 0 Å². The van der Waals surface area contributed by atoms with Crippen LogP contribution in [0, 0.1) is 0 Å². The Morgan fingerprint density at radius 3 is 2.39 bits per heavy atom. The molecular formula is C14H14NO3+. The molecule has 2 rings (SSSR count). The number of aromatic nitrogens is 1. The summed E-state index contributed by atoms with van der Waals surface area (Å²) in [5.74, 6) is -0.334. The number of carbonyl (C=O) groups is 1. The highest BCUT2D eigenvalue weighted by Gasteiger charge is 2.08. The van der Waals surface area contributed by atoms with Crippen molar-refractivity contribution in [2.75, 3.05) is 14.2 Å². The van der Waals surface area contributed by atoms with E-state index in [1.54, 1.807) is 36.4 Å². The largest absolute Gasteiger partial charge is 0.465 e. The lowest BCUT2D eigenvalue weighted by atomic mass is 10.0. The molecule has 0 amide bonds. The molecule has 0 atom stereocenters. The number of ether oxygens (including phenoxy) is 1. The van der Waals surface area contributed by atoms with E-state index in [9.17, 15) is 4.79 Å². The van der Waals surface area contributed by atoms with Gasteiger partial charge < -0.3 is 4.74 Å². The molecule has 1 aromatic carbocycles. The highest BCUT2D eigenvalue weighted by Crippen LogP contribution is 2.19. The fourth-order valence-corrected chi connectivity index (χ4v) is 1.67. The Balaban J connectivity index is 2.35. The molecule has 1 aromatic heterocycles. The van der Waals surface area contributed by atoms with Crippen LogP contribution in [0.1, 0.15) is 10.4 Å². The summed E-state index contributed by atoms with van der Waals surface area (Å²) in [6, 6.07) is 11.1. The summed E-state index contributed by atoms with van der Waals surface area (Å²) < 4.78 is 6.29. The second-order valence-electron chi connectivity index (χ2n) is 3.70. The fourth-order valence-electron chi connectivity index (χ4n) is 1.67. The van der Waals surface area contributed by atoms with Gasteiger partial charge in [-0.05, 0) is 23.3 Å². The molecule has 4 nitrogen and oxygen atoms in total. The van der Waals surface area contributed by atoms with E-state index in [2.05, 4.69) is 0 Å². The van der Waals surface area contributed by atoms with E-state index in [0.29, 0.717) is 5.56 Å². The van der Waals surface area contributed by atoms with Gasteiger partial charge in [-0.2, -0.15) is 0 Å². The van der Waals surface area contributed by atoms with Gasteiger partial charge in [-0.3, -0.25) is 4.84 Å². The van der Waals surface area contributed by atoms with E-state index in [-0.39, 0.29) is 5.97 Å². The first kappa shape index (κ1) is 12.1. The first-order valence-electron chi connectivity index (χ1n) is 5.49. The number of pyridine rings is 1. The van der Waals surface area contributed by atoms with Gasteiger partial charge >= 0.3 is 5.97 Å². The van der Waals surface area contributed by atoms with Gasteiger partial charge in [-0.25, -0.2) is 4.79 Å². The van der Waals surface area contributed by atoms with Crippen molar-refractivity contribution in [2.45, 2.75) is 0 Å². The van der Waals surface area contributed by atoms with Crippen LogP contribution in [-0.4, -0.2) is 20.2 Å². The highest BCUT2D eigenvalue weighted by molar-refractivity contribution is 5.90. The smallest absolute Gasteiger partial charge is 0.337 e. The van der Waals surface area contributed by atoms with E-state index in [0.717, 1.165) is 11.1 Å². The monoisotopic (exact) mass is 244 g/mol. The average Bonchev–Trinajstić information content (AvgIpc) is 2.46. The number of nitrogens with zero attached hydrogens (tertiary/aromatic N) is 1. The predicted octanol–water partition coefficient (Wildman–Crippen LogP) is 1.49. The third-order valence-electron chi connectivity index (χ3n) is 2.63. The first-order valence-corrected chi connectivity index (χ1v) is 5.49. The van der Waals surface area contributed by atoms with E-state index in [1.165, 1.54) is 7.11 Å². The number of esters is 1. The van der Waals surface area contributed by atoms with E-state index in [1.807, 2.05) is 24.3 Å². The molecule has 0 spiro atoms. The lowest BCUT2D eigenvalue weighted by Gasteiger charge is -2.03. The Hall–Kier alpha value is -2.36. The van der Waals surface area contributed by atoms with Gasteiger partial charge in [-0.1, -0.05) is 12.1 Å². The Kier molecular flexibility index (Phi) is 3.57. The van der Waals surface area contributed by atoms with Crippen molar-refractivity contribution in [3.05, 3.63) is 54.4 Å².